The highest BCUT2D eigenvalue weighted by Gasteiger charge is 2.20. The molecule has 1 N–H and O–H groups in total. The van der Waals surface area contributed by atoms with Gasteiger partial charge in [-0.1, -0.05) is 0 Å². The molecule has 21 heavy (non-hydrogen) atoms. The molecule has 1 atom stereocenters. The van der Waals surface area contributed by atoms with E-state index in [0.717, 1.165) is 23.0 Å². The first-order chi connectivity index (χ1) is 10.3. The van der Waals surface area contributed by atoms with Gasteiger partial charge in [-0.05, 0) is 36.4 Å². The minimum absolute atomic E-state index is 0.145. The number of hydrogen-bond donors (Lipinski definition) is 1. The summed E-state index contributed by atoms with van der Waals surface area (Å²) < 4.78 is 12.7. The van der Waals surface area contributed by atoms with Crippen LogP contribution in [0.15, 0.2) is 59.5 Å². The number of aryl methyl sites for hydroxylation is 1. The van der Waals surface area contributed by atoms with Crippen molar-refractivity contribution in [3.8, 4) is 5.75 Å². The van der Waals surface area contributed by atoms with Crippen LogP contribution in [0.2, 0.25) is 0 Å². The Labute approximate surface area is 123 Å². The number of furan rings is 1. The number of anilines is 1. The van der Waals surface area contributed by atoms with E-state index < -0.39 is 0 Å². The van der Waals surface area contributed by atoms with Gasteiger partial charge in [0.1, 0.15) is 23.4 Å². The Hall–Kier alpha value is -2.69. The zero-order chi connectivity index (χ0) is 14.7. The van der Waals surface area contributed by atoms with Gasteiger partial charge in [-0.2, -0.15) is 0 Å². The number of imidazole rings is 1. The molecule has 3 rings (SSSR count). The largest absolute Gasteiger partial charge is 0.497 e. The molecule has 1 aromatic carbocycles. The maximum absolute atomic E-state index is 5.55. The molecule has 5 heteroatoms. The molecular weight excluding hydrogens is 266 g/mol. The van der Waals surface area contributed by atoms with E-state index in [1.807, 2.05) is 54.2 Å². The normalized spacial score (nSPS) is 12.1. The fourth-order valence-corrected chi connectivity index (χ4v) is 2.23. The van der Waals surface area contributed by atoms with Crippen molar-refractivity contribution in [2.24, 2.45) is 7.05 Å². The zero-order valence-corrected chi connectivity index (χ0v) is 12.0. The zero-order valence-electron chi connectivity index (χ0n) is 12.0. The van der Waals surface area contributed by atoms with E-state index in [0.29, 0.717) is 0 Å². The van der Waals surface area contributed by atoms with Gasteiger partial charge < -0.3 is 19.0 Å². The number of hydrogen-bond acceptors (Lipinski definition) is 4. The Morgan fingerprint density at radius 1 is 1.24 bits per heavy atom. The Morgan fingerprint density at radius 2 is 2.05 bits per heavy atom. The number of benzene rings is 1. The van der Waals surface area contributed by atoms with Crippen LogP contribution in [0.1, 0.15) is 17.6 Å². The molecule has 5 nitrogen and oxygen atoms in total. The Bertz CT molecular complexity index is 687. The lowest BCUT2D eigenvalue weighted by molar-refractivity contribution is 0.415. The van der Waals surface area contributed by atoms with Gasteiger partial charge in [-0.25, -0.2) is 4.98 Å². The van der Waals surface area contributed by atoms with Gasteiger partial charge in [-0.3, -0.25) is 0 Å². The third-order valence-electron chi connectivity index (χ3n) is 3.35. The number of aromatic nitrogens is 2. The molecule has 0 fully saturated rings. The van der Waals surface area contributed by atoms with E-state index in [4.69, 9.17) is 9.15 Å². The van der Waals surface area contributed by atoms with Crippen molar-refractivity contribution in [1.82, 2.24) is 9.55 Å². The lowest BCUT2D eigenvalue weighted by Gasteiger charge is -2.18. The highest BCUT2D eigenvalue weighted by Crippen LogP contribution is 2.26. The van der Waals surface area contributed by atoms with E-state index in [2.05, 4.69) is 10.3 Å². The predicted octanol–water partition coefficient (Wildman–Crippen LogP) is 3.22. The van der Waals surface area contributed by atoms with Gasteiger partial charge in [0.25, 0.3) is 0 Å². The molecule has 0 aliphatic carbocycles. The van der Waals surface area contributed by atoms with Gasteiger partial charge in [-0.15, -0.1) is 0 Å². The van der Waals surface area contributed by atoms with Crippen molar-refractivity contribution in [3.05, 3.63) is 66.6 Å². The molecule has 0 bridgehead atoms. The molecule has 108 valence electrons. The monoisotopic (exact) mass is 283 g/mol. The average Bonchev–Trinajstić information content (AvgIpc) is 3.17. The maximum Gasteiger partial charge on any atom is 0.143 e. The molecule has 0 spiro atoms. The Morgan fingerprint density at radius 3 is 2.62 bits per heavy atom. The van der Waals surface area contributed by atoms with Crippen LogP contribution in [0, 0.1) is 0 Å². The van der Waals surface area contributed by atoms with Crippen molar-refractivity contribution in [2.75, 3.05) is 12.4 Å². The second-order valence-corrected chi connectivity index (χ2v) is 4.72. The summed E-state index contributed by atoms with van der Waals surface area (Å²) in [6, 6.07) is 11.4. The fourth-order valence-electron chi connectivity index (χ4n) is 2.23. The number of ether oxygens (including phenoxy) is 1. The van der Waals surface area contributed by atoms with Gasteiger partial charge in [0, 0.05) is 25.1 Å². The molecule has 2 aromatic heterocycles. The summed E-state index contributed by atoms with van der Waals surface area (Å²) in [5, 5.41) is 3.44. The SMILES string of the molecule is COc1ccc(NC(c2ccco2)c2nccn2C)cc1. The Balaban J connectivity index is 1.91. The van der Waals surface area contributed by atoms with Gasteiger partial charge in [0.05, 0.1) is 13.4 Å². The first-order valence-corrected chi connectivity index (χ1v) is 6.69. The summed E-state index contributed by atoms with van der Waals surface area (Å²) in [7, 11) is 3.62. The van der Waals surface area contributed by atoms with Crippen molar-refractivity contribution >= 4 is 5.69 Å². The molecule has 0 amide bonds. The number of nitrogens with one attached hydrogen (secondary N) is 1. The molecule has 0 radical (unpaired) electrons. The highest BCUT2D eigenvalue weighted by molar-refractivity contribution is 5.49. The minimum Gasteiger partial charge on any atom is -0.497 e. The lowest BCUT2D eigenvalue weighted by atomic mass is 10.2. The maximum atomic E-state index is 5.55. The molecule has 0 saturated heterocycles. The van der Waals surface area contributed by atoms with E-state index in [1.54, 1.807) is 19.6 Å². The van der Waals surface area contributed by atoms with Crippen LogP contribution < -0.4 is 10.1 Å². The predicted molar refractivity (Wildman–Crippen MR) is 80.4 cm³/mol. The Kier molecular flexibility index (Phi) is 3.64. The topological polar surface area (TPSA) is 52.2 Å². The first kappa shape index (κ1) is 13.3. The minimum atomic E-state index is -0.145. The van der Waals surface area contributed by atoms with E-state index in [9.17, 15) is 0 Å². The summed E-state index contributed by atoms with van der Waals surface area (Å²) in [5.41, 5.74) is 0.972. The van der Waals surface area contributed by atoms with Crippen LogP contribution >= 0.6 is 0 Å². The van der Waals surface area contributed by atoms with E-state index in [1.165, 1.54) is 0 Å². The first-order valence-electron chi connectivity index (χ1n) is 6.69. The quantitative estimate of drug-likeness (QED) is 0.781. The standard InChI is InChI=1S/C16H17N3O2/c1-19-10-9-17-16(19)15(14-4-3-11-21-14)18-12-5-7-13(20-2)8-6-12/h3-11,15,18H,1-2H3. The second kappa shape index (κ2) is 5.75. The smallest absolute Gasteiger partial charge is 0.143 e. The van der Waals surface area contributed by atoms with Crippen molar-refractivity contribution in [1.29, 1.82) is 0 Å². The summed E-state index contributed by atoms with van der Waals surface area (Å²) in [6.07, 6.45) is 5.36. The van der Waals surface area contributed by atoms with E-state index >= 15 is 0 Å². The van der Waals surface area contributed by atoms with Crippen LogP contribution in [-0.2, 0) is 7.05 Å². The van der Waals surface area contributed by atoms with E-state index in [-0.39, 0.29) is 6.04 Å². The summed E-state index contributed by atoms with van der Waals surface area (Å²) in [5.74, 6) is 2.54. The number of methoxy groups -OCH3 is 1. The third-order valence-corrected chi connectivity index (χ3v) is 3.35. The average molecular weight is 283 g/mol. The summed E-state index contributed by atoms with van der Waals surface area (Å²) in [6.45, 7) is 0. The van der Waals surface area contributed by atoms with Crippen LogP contribution in [-0.4, -0.2) is 16.7 Å². The number of nitrogens with zero attached hydrogens (tertiary/aromatic N) is 2. The van der Waals surface area contributed by atoms with Gasteiger partial charge in [0.2, 0.25) is 0 Å². The lowest BCUT2D eigenvalue weighted by Crippen LogP contribution is -2.16. The fraction of sp³-hybridized carbons (Fsp3) is 0.188. The molecule has 2 heterocycles. The van der Waals surface area contributed by atoms with Crippen LogP contribution in [0.25, 0.3) is 0 Å². The van der Waals surface area contributed by atoms with Crippen LogP contribution in [0.3, 0.4) is 0 Å². The van der Waals surface area contributed by atoms with Gasteiger partial charge >= 0.3 is 0 Å². The summed E-state index contributed by atoms with van der Waals surface area (Å²) >= 11 is 0. The summed E-state index contributed by atoms with van der Waals surface area (Å²) in [4.78, 5) is 4.42. The van der Waals surface area contributed by atoms with Crippen molar-refractivity contribution in [2.45, 2.75) is 6.04 Å². The molecule has 1 unspecified atom stereocenters. The molecule has 0 saturated carbocycles. The molecule has 3 aromatic rings. The van der Waals surface area contributed by atoms with Crippen molar-refractivity contribution < 1.29 is 9.15 Å². The number of rotatable bonds is 5. The molecular formula is C16H17N3O2. The molecule has 0 aliphatic heterocycles. The molecule has 0 aliphatic rings. The van der Waals surface area contributed by atoms with Crippen molar-refractivity contribution in [3.63, 3.8) is 0 Å². The van der Waals surface area contributed by atoms with Crippen LogP contribution in [0.4, 0.5) is 5.69 Å². The van der Waals surface area contributed by atoms with Crippen LogP contribution in [0.5, 0.6) is 5.75 Å². The third kappa shape index (κ3) is 2.76. The highest BCUT2D eigenvalue weighted by atomic mass is 16.5. The van der Waals surface area contributed by atoms with Gasteiger partial charge in [0.15, 0.2) is 0 Å². The second-order valence-electron chi connectivity index (χ2n) is 4.72.